The number of hydrogen-bond acceptors (Lipinski definition) is 10. The summed E-state index contributed by atoms with van der Waals surface area (Å²) in [7, 11) is 0. The average molecular weight is 514 g/mol. The predicted octanol–water partition coefficient (Wildman–Crippen LogP) is 0.643. The molecule has 0 heterocycles. The molecule has 0 fully saturated rings. The van der Waals surface area contributed by atoms with Crippen LogP contribution >= 0.6 is 0 Å². The Kier molecular flexibility index (Phi) is 5.27. The zero-order chi connectivity index (χ0) is 27.2. The molecule has 0 aliphatic heterocycles. The van der Waals surface area contributed by atoms with E-state index in [4.69, 9.17) is 0 Å². The summed E-state index contributed by atoms with van der Waals surface area (Å²) >= 11 is 0. The van der Waals surface area contributed by atoms with Crippen molar-refractivity contribution in [2.45, 2.75) is 62.4 Å². The number of allylic oxidation sites excluding steroid dienone is 2. The molecular weight excluding hydrogens is 488 g/mol. The van der Waals surface area contributed by atoms with E-state index in [1.165, 1.54) is 12.1 Å². The number of aliphatic hydroxyl groups is 6. The van der Waals surface area contributed by atoms with E-state index in [2.05, 4.69) is 0 Å². The van der Waals surface area contributed by atoms with Gasteiger partial charge >= 0.3 is 5.97 Å². The molecule has 11 heteroatoms. The molecule has 1 aromatic rings. The lowest BCUT2D eigenvalue weighted by Crippen LogP contribution is -2.72. The summed E-state index contributed by atoms with van der Waals surface area (Å²) in [5.41, 5.74) is -9.74. The van der Waals surface area contributed by atoms with E-state index in [9.17, 15) is 55.2 Å². The number of phenols is 1. The third-order valence-electron chi connectivity index (χ3n) is 8.51. The average Bonchev–Trinajstić information content (AvgIpc) is 3.33. The van der Waals surface area contributed by atoms with Gasteiger partial charge in [0.1, 0.15) is 46.1 Å². The van der Waals surface area contributed by atoms with E-state index in [0.717, 1.165) is 25.3 Å². The molecule has 0 spiro atoms. The number of ketones is 2. The summed E-state index contributed by atoms with van der Waals surface area (Å²) in [6.07, 6.45) is -2.30. The number of rotatable bonds is 2. The Hall–Kier alpha value is -3.51. The van der Waals surface area contributed by atoms with E-state index in [-0.39, 0.29) is 16.9 Å². The van der Waals surface area contributed by atoms with Crippen molar-refractivity contribution in [2.24, 2.45) is 5.41 Å². The van der Waals surface area contributed by atoms with Gasteiger partial charge in [0.25, 0.3) is 0 Å². The smallest absolute Gasteiger partial charge is 0.342 e. The molecule has 0 unspecified atom stereocenters. The Morgan fingerprint density at radius 3 is 2.30 bits per heavy atom. The summed E-state index contributed by atoms with van der Waals surface area (Å²) in [6, 6.07) is 2.85. The molecule has 196 valence electrons. The first kappa shape index (κ1) is 25.2. The standard InChI is InChI=1S/C26H26O11/c1-24-20(31)16(22(33)34)15(28)9-25(24,36)23(35)26(37)17(21(24)32)14(27)8-13-12(19(26)30)7-6-11(18(13)29)10-4-2-3-5-10/h4,6-7,19,23,29-32,35-37H,2-3,5,8-9H2,1H3,(H,33,34)/t19-,23+,24-,25-,26+/m1/s1. The molecule has 5 atom stereocenters. The topological polar surface area (TPSA) is 213 Å². The molecule has 4 aliphatic rings. The number of phenolic OH excluding ortho intramolecular Hbond substituents is 1. The van der Waals surface area contributed by atoms with Crippen LogP contribution in [0.25, 0.3) is 5.57 Å². The predicted molar refractivity (Wildman–Crippen MR) is 124 cm³/mol. The highest BCUT2D eigenvalue weighted by Gasteiger charge is 2.73. The molecule has 0 amide bonds. The highest BCUT2D eigenvalue weighted by molar-refractivity contribution is 6.18. The van der Waals surface area contributed by atoms with Crippen LogP contribution in [0, 0.1) is 5.41 Å². The number of aliphatic hydroxyl groups excluding tert-OH is 4. The zero-order valence-electron chi connectivity index (χ0n) is 19.7. The number of carboxylic acids is 1. The molecule has 37 heavy (non-hydrogen) atoms. The zero-order valence-corrected chi connectivity index (χ0v) is 19.7. The molecule has 0 radical (unpaired) electrons. The monoisotopic (exact) mass is 514 g/mol. The Labute approximate surface area is 209 Å². The van der Waals surface area contributed by atoms with E-state index >= 15 is 0 Å². The maximum absolute atomic E-state index is 13.5. The quantitative estimate of drug-likeness (QED) is 0.256. The lowest BCUT2D eigenvalue weighted by Gasteiger charge is -2.57. The van der Waals surface area contributed by atoms with Gasteiger partial charge < -0.3 is 40.9 Å². The van der Waals surface area contributed by atoms with Crippen molar-refractivity contribution in [1.29, 1.82) is 0 Å². The molecule has 0 aromatic heterocycles. The van der Waals surface area contributed by atoms with Crippen LogP contribution in [0.15, 0.2) is 40.9 Å². The molecule has 5 rings (SSSR count). The summed E-state index contributed by atoms with van der Waals surface area (Å²) in [6.45, 7) is 0.919. The van der Waals surface area contributed by atoms with Crippen LogP contribution in [0.2, 0.25) is 0 Å². The summed E-state index contributed by atoms with van der Waals surface area (Å²) in [4.78, 5) is 37.7. The number of carbonyl (C=O) groups excluding carboxylic acids is 2. The number of carboxylic acid groups (broad SMARTS) is 1. The molecule has 11 nitrogen and oxygen atoms in total. The van der Waals surface area contributed by atoms with Gasteiger partial charge in [0.2, 0.25) is 0 Å². The van der Waals surface area contributed by atoms with E-state index in [0.29, 0.717) is 12.0 Å². The Balaban J connectivity index is 1.80. The first-order valence-electron chi connectivity index (χ1n) is 11.8. The first-order valence-corrected chi connectivity index (χ1v) is 11.8. The van der Waals surface area contributed by atoms with Crippen LogP contribution in [0.1, 0.15) is 55.4 Å². The molecule has 8 N–H and O–H groups in total. The second-order valence-electron chi connectivity index (χ2n) is 10.3. The second-order valence-corrected chi connectivity index (χ2v) is 10.3. The number of carbonyl (C=O) groups is 3. The highest BCUT2D eigenvalue weighted by atomic mass is 16.4. The second kappa shape index (κ2) is 7.75. The third kappa shape index (κ3) is 2.88. The Bertz CT molecular complexity index is 1380. The maximum atomic E-state index is 13.5. The number of aromatic hydroxyl groups is 1. The van der Waals surface area contributed by atoms with Gasteiger partial charge in [-0.3, -0.25) is 9.59 Å². The maximum Gasteiger partial charge on any atom is 0.342 e. The van der Waals surface area contributed by atoms with Gasteiger partial charge in [0.15, 0.2) is 17.2 Å². The molecule has 0 saturated heterocycles. The first-order chi connectivity index (χ1) is 17.2. The Morgan fingerprint density at radius 1 is 1.03 bits per heavy atom. The molecule has 1 aromatic carbocycles. The molecular formula is C26H26O11. The van der Waals surface area contributed by atoms with E-state index < -0.39 is 81.9 Å². The summed E-state index contributed by atoms with van der Waals surface area (Å²) < 4.78 is 0. The van der Waals surface area contributed by atoms with Crippen LogP contribution in [-0.4, -0.2) is 75.7 Å². The lowest BCUT2D eigenvalue weighted by molar-refractivity contribution is -0.243. The van der Waals surface area contributed by atoms with Crippen LogP contribution in [0.5, 0.6) is 5.75 Å². The number of aliphatic carboxylic acids is 1. The fraction of sp³-hybridized carbons (Fsp3) is 0.423. The van der Waals surface area contributed by atoms with Crippen LogP contribution in [0.3, 0.4) is 0 Å². The van der Waals surface area contributed by atoms with Crippen molar-refractivity contribution in [3.63, 3.8) is 0 Å². The van der Waals surface area contributed by atoms with E-state index in [1.54, 1.807) is 0 Å². The van der Waals surface area contributed by atoms with E-state index in [1.807, 2.05) is 6.08 Å². The van der Waals surface area contributed by atoms with Gasteiger partial charge in [-0.15, -0.1) is 0 Å². The number of fused-ring (bicyclic) bond motifs is 3. The minimum absolute atomic E-state index is 0.0692. The minimum Gasteiger partial charge on any atom is -0.511 e. The van der Waals surface area contributed by atoms with Crippen molar-refractivity contribution >= 4 is 23.1 Å². The Morgan fingerprint density at radius 2 is 1.70 bits per heavy atom. The highest BCUT2D eigenvalue weighted by Crippen LogP contribution is 2.61. The molecule has 0 saturated carbocycles. The van der Waals surface area contributed by atoms with Gasteiger partial charge in [-0.05, 0) is 37.3 Å². The largest absolute Gasteiger partial charge is 0.511 e. The minimum atomic E-state index is -3.09. The summed E-state index contributed by atoms with van der Waals surface area (Å²) in [5, 5.41) is 88.5. The molecule has 0 bridgehead atoms. The van der Waals surface area contributed by atoms with Gasteiger partial charge in [0, 0.05) is 24.0 Å². The van der Waals surface area contributed by atoms with Crippen molar-refractivity contribution in [1.82, 2.24) is 0 Å². The fourth-order valence-electron chi connectivity index (χ4n) is 6.34. The fourth-order valence-corrected chi connectivity index (χ4v) is 6.34. The third-order valence-corrected chi connectivity index (χ3v) is 8.51. The van der Waals surface area contributed by atoms with Crippen molar-refractivity contribution in [3.8, 4) is 5.75 Å². The van der Waals surface area contributed by atoms with Crippen molar-refractivity contribution < 1.29 is 55.2 Å². The van der Waals surface area contributed by atoms with Gasteiger partial charge in [-0.1, -0.05) is 18.2 Å². The number of Topliss-reactive ketones (excluding diaryl/α,β-unsaturated/α-hetero) is 2. The SMILES string of the molecule is C[C@]12C(O)=C(C(=O)O)C(=O)C[C@@]1(O)[C@H](O)[C@]1(O)C(=C2O)C(=O)Cc2c(ccc(C3=CCCC3)c2O)[C@H]1O. The van der Waals surface area contributed by atoms with Crippen molar-refractivity contribution in [3.05, 3.63) is 57.6 Å². The van der Waals surface area contributed by atoms with Crippen LogP contribution < -0.4 is 0 Å². The van der Waals surface area contributed by atoms with Gasteiger partial charge in [0.05, 0.1) is 5.57 Å². The number of benzene rings is 1. The normalized spacial score (nSPS) is 35.5. The lowest BCUT2D eigenvalue weighted by atomic mass is 9.52. The van der Waals surface area contributed by atoms with Crippen molar-refractivity contribution in [2.75, 3.05) is 0 Å². The molecule has 4 aliphatic carbocycles. The van der Waals surface area contributed by atoms with Crippen LogP contribution in [0.4, 0.5) is 0 Å². The van der Waals surface area contributed by atoms with Gasteiger partial charge in [-0.25, -0.2) is 4.79 Å². The van der Waals surface area contributed by atoms with Crippen LogP contribution in [-0.2, 0) is 20.8 Å². The summed E-state index contributed by atoms with van der Waals surface area (Å²) in [5.74, 6) is -7.07. The van der Waals surface area contributed by atoms with Gasteiger partial charge in [-0.2, -0.15) is 0 Å². The number of hydrogen-bond donors (Lipinski definition) is 8.